The lowest BCUT2D eigenvalue weighted by Crippen LogP contribution is -2.07. The van der Waals surface area contributed by atoms with Crippen LogP contribution < -0.4 is 0 Å². The maximum absolute atomic E-state index is 10.2. The van der Waals surface area contributed by atoms with Crippen LogP contribution >= 0.6 is 0 Å². The first-order valence-electron chi connectivity index (χ1n) is 3.75. The number of epoxide rings is 1. The molecule has 4 N–H and O–H groups in total. The van der Waals surface area contributed by atoms with Crippen LogP contribution in [-0.4, -0.2) is 54.9 Å². The molecule has 0 aromatic heterocycles. The zero-order valence-corrected chi connectivity index (χ0v) is 9.00. The van der Waals surface area contributed by atoms with Gasteiger partial charge >= 0.3 is 11.9 Å². The molecule has 0 amide bonds. The van der Waals surface area contributed by atoms with E-state index in [2.05, 4.69) is 20.8 Å². The van der Waals surface area contributed by atoms with Gasteiger partial charge in [0.25, 0.3) is 0 Å². The Morgan fingerprint density at radius 1 is 1.38 bits per heavy atom. The second kappa shape index (κ2) is 13.5. The second-order valence-electron chi connectivity index (χ2n) is 2.07. The fourth-order valence-electron chi connectivity index (χ4n) is 0.399. The molecule has 1 fully saturated rings. The minimum Gasteiger partial charge on any atom is -0.467 e. The molecule has 8 heteroatoms. The number of esters is 2. The summed E-state index contributed by atoms with van der Waals surface area (Å²) in [5.74, 6) is -0.657. The molecule has 0 spiro atoms. The Labute approximate surface area is 92.3 Å². The molecule has 0 bridgehead atoms. The predicted molar refractivity (Wildman–Crippen MR) is 52.8 cm³/mol. The van der Waals surface area contributed by atoms with Crippen molar-refractivity contribution in [2.45, 2.75) is 6.10 Å². The quantitative estimate of drug-likeness (QED) is 0.209. The summed E-state index contributed by atoms with van der Waals surface area (Å²) in [7, 11) is 2.66. The first-order valence-corrected chi connectivity index (χ1v) is 3.75. The van der Waals surface area contributed by atoms with Crippen LogP contribution in [0.15, 0.2) is 12.7 Å². The van der Waals surface area contributed by atoms with E-state index >= 15 is 0 Å². The van der Waals surface area contributed by atoms with Crippen molar-refractivity contribution < 1.29 is 39.8 Å². The van der Waals surface area contributed by atoms with Crippen LogP contribution in [-0.2, 0) is 23.8 Å². The summed E-state index contributed by atoms with van der Waals surface area (Å²) in [6, 6.07) is 0. The molecule has 0 aliphatic carbocycles. The summed E-state index contributed by atoms with van der Waals surface area (Å²) in [5, 5.41) is 12.0. The number of hydrogen-bond donors (Lipinski definition) is 2. The third kappa shape index (κ3) is 12.5. The van der Waals surface area contributed by atoms with Crippen molar-refractivity contribution in [3.8, 4) is 0 Å². The van der Waals surface area contributed by atoms with Gasteiger partial charge < -0.3 is 19.7 Å². The molecule has 96 valence electrons. The van der Waals surface area contributed by atoms with Crippen molar-refractivity contribution in [3.05, 3.63) is 12.7 Å². The van der Waals surface area contributed by atoms with Gasteiger partial charge in [-0.25, -0.2) is 9.59 Å². The molecule has 1 atom stereocenters. The van der Waals surface area contributed by atoms with Gasteiger partial charge in [0.2, 0.25) is 0 Å². The molecule has 1 rings (SSSR count). The van der Waals surface area contributed by atoms with Crippen LogP contribution in [0.2, 0.25) is 0 Å². The first-order chi connectivity index (χ1) is 7.15. The molecular weight excluding hydrogens is 224 g/mol. The van der Waals surface area contributed by atoms with Gasteiger partial charge in [-0.15, -0.1) is 0 Å². The van der Waals surface area contributed by atoms with Gasteiger partial charge in [-0.05, 0) is 0 Å². The van der Waals surface area contributed by atoms with Gasteiger partial charge in [0.1, 0.15) is 0 Å². The molecule has 1 heterocycles. The van der Waals surface area contributed by atoms with Gasteiger partial charge in [0, 0.05) is 6.08 Å². The van der Waals surface area contributed by atoms with Crippen LogP contribution in [0.25, 0.3) is 0 Å². The van der Waals surface area contributed by atoms with Crippen molar-refractivity contribution >= 4 is 11.9 Å². The van der Waals surface area contributed by atoms with Crippen molar-refractivity contribution in [2.24, 2.45) is 0 Å². The van der Waals surface area contributed by atoms with Gasteiger partial charge in [0.05, 0.1) is 20.8 Å². The first kappa shape index (κ1) is 20.0. The van der Waals surface area contributed by atoms with E-state index in [4.69, 9.17) is 10.5 Å². The van der Waals surface area contributed by atoms with Crippen LogP contribution in [0.5, 0.6) is 0 Å². The Kier molecular flexibility index (Phi) is 16.9. The van der Waals surface area contributed by atoms with Crippen molar-refractivity contribution in [3.63, 3.8) is 0 Å². The van der Waals surface area contributed by atoms with E-state index in [1.165, 1.54) is 14.2 Å². The van der Waals surface area contributed by atoms with Crippen molar-refractivity contribution in [1.82, 2.24) is 0 Å². The average Bonchev–Trinajstić information content (AvgIpc) is 3.14. The second-order valence-corrected chi connectivity index (χ2v) is 2.07. The third-order valence-electron chi connectivity index (χ3n) is 1.17. The highest BCUT2D eigenvalue weighted by Gasteiger charge is 2.31. The maximum atomic E-state index is 10.2. The Bertz CT molecular complexity index is 198. The Morgan fingerprint density at radius 2 is 1.81 bits per heavy atom. The van der Waals surface area contributed by atoms with E-state index < -0.39 is 5.97 Å². The van der Waals surface area contributed by atoms with E-state index in [9.17, 15) is 9.59 Å². The van der Waals surface area contributed by atoms with Crippen molar-refractivity contribution in [1.29, 1.82) is 0 Å². The molecule has 1 unspecified atom stereocenters. The summed E-state index contributed by atoms with van der Waals surface area (Å²) >= 11 is 0. The lowest BCUT2D eigenvalue weighted by Gasteiger charge is -1.87. The van der Waals surface area contributed by atoms with Gasteiger partial charge in [-0.3, -0.25) is 10.5 Å². The standard InChI is InChI=1S/C4H6O3.C4H6O2.H2O2.H2O/c1-6-4(5)3-2-7-3;1-3-4(5)6-2;1-2;/h3H,2H2,1H3;3H,1H2,2H3;1-2H;1H2. The lowest BCUT2D eigenvalue weighted by molar-refractivity contribution is -0.176. The molecule has 8 nitrogen and oxygen atoms in total. The van der Waals surface area contributed by atoms with E-state index in [-0.39, 0.29) is 17.5 Å². The summed E-state index contributed by atoms with van der Waals surface area (Å²) in [4.78, 5) is 20.1. The number of ether oxygens (including phenoxy) is 3. The molecule has 1 saturated heterocycles. The van der Waals surface area contributed by atoms with Crippen LogP contribution in [0.3, 0.4) is 0 Å². The number of methoxy groups -OCH3 is 2. The van der Waals surface area contributed by atoms with Gasteiger partial charge in [-0.1, -0.05) is 6.58 Å². The van der Waals surface area contributed by atoms with Crippen LogP contribution in [0.1, 0.15) is 0 Å². The van der Waals surface area contributed by atoms with Crippen molar-refractivity contribution in [2.75, 3.05) is 20.8 Å². The Hall–Kier alpha value is -1.48. The summed E-state index contributed by atoms with van der Waals surface area (Å²) in [5.41, 5.74) is 0. The third-order valence-corrected chi connectivity index (χ3v) is 1.17. The number of carbonyl (C=O) groups is 2. The molecule has 0 aromatic carbocycles. The zero-order chi connectivity index (χ0) is 12.3. The number of carbonyl (C=O) groups excluding carboxylic acids is 2. The Morgan fingerprint density at radius 3 is 1.88 bits per heavy atom. The fraction of sp³-hybridized carbons (Fsp3) is 0.500. The summed E-state index contributed by atoms with van der Waals surface area (Å²) in [6.45, 7) is 3.69. The topological polar surface area (TPSA) is 137 Å². The van der Waals surface area contributed by atoms with E-state index in [0.717, 1.165) is 6.08 Å². The highest BCUT2D eigenvalue weighted by molar-refractivity contribution is 5.80. The predicted octanol–water partition coefficient (Wildman–Crippen LogP) is -0.904. The fourth-order valence-corrected chi connectivity index (χ4v) is 0.399. The maximum Gasteiger partial charge on any atom is 0.337 e. The average molecular weight is 240 g/mol. The number of hydrogen-bond acceptors (Lipinski definition) is 7. The lowest BCUT2D eigenvalue weighted by atomic mass is 10.5. The normalized spacial score (nSPS) is 14.6. The zero-order valence-electron chi connectivity index (χ0n) is 9.00. The summed E-state index contributed by atoms with van der Waals surface area (Å²) < 4.78 is 13.0. The highest BCUT2D eigenvalue weighted by Crippen LogP contribution is 2.08. The molecule has 0 aromatic rings. The number of rotatable bonds is 2. The molecule has 0 saturated carbocycles. The Balaban J connectivity index is -0.000000175. The summed E-state index contributed by atoms with van der Waals surface area (Å²) in [6.07, 6.45) is 0.866. The molecular formula is C8H16O8. The molecule has 1 aliphatic rings. The van der Waals surface area contributed by atoms with E-state index in [1.54, 1.807) is 0 Å². The minimum absolute atomic E-state index is 0. The van der Waals surface area contributed by atoms with Gasteiger partial charge in [0.15, 0.2) is 6.10 Å². The monoisotopic (exact) mass is 240 g/mol. The molecule has 16 heavy (non-hydrogen) atoms. The van der Waals surface area contributed by atoms with E-state index in [0.29, 0.717) is 6.61 Å². The highest BCUT2D eigenvalue weighted by atomic mass is 17.0. The SMILES string of the molecule is C=CC(=O)OC.COC(=O)C1CO1.O.OO. The van der Waals surface area contributed by atoms with E-state index in [1.807, 2.05) is 0 Å². The van der Waals surface area contributed by atoms with Crippen LogP contribution in [0, 0.1) is 0 Å². The largest absolute Gasteiger partial charge is 0.467 e. The van der Waals surface area contributed by atoms with Crippen LogP contribution in [0.4, 0.5) is 0 Å². The minimum atomic E-state index is -0.394. The molecule has 0 radical (unpaired) electrons. The smallest absolute Gasteiger partial charge is 0.337 e. The molecule has 1 aliphatic heterocycles. The van der Waals surface area contributed by atoms with Gasteiger partial charge in [-0.2, -0.15) is 0 Å².